The van der Waals surface area contributed by atoms with Gasteiger partial charge < -0.3 is 10.0 Å². The topological polar surface area (TPSA) is 40.5 Å². The van der Waals surface area contributed by atoms with E-state index in [1.165, 1.54) is 12.1 Å². The Morgan fingerprint density at radius 1 is 1.25 bits per heavy atom. The van der Waals surface area contributed by atoms with E-state index in [4.69, 9.17) is 10.0 Å². The molecule has 0 radical (unpaired) electrons. The summed E-state index contributed by atoms with van der Waals surface area (Å²) in [7, 11) is -1.54. The Kier molecular flexibility index (Phi) is 3.02. The van der Waals surface area contributed by atoms with Crippen LogP contribution in [-0.2, 0) is 0 Å². The van der Waals surface area contributed by atoms with Crippen LogP contribution in [0.3, 0.4) is 0 Å². The van der Waals surface area contributed by atoms with E-state index in [1.807, 2.05) is 0 Å². The van der Waals surface area contributed by atoms with Crippen molar-refractivity contribution in [2.24, 2.45) is 0 Å². The van der Waals surface area contributed by atoms with Gasteiger partial charge in [0.05, 0.1) is 0 Å². The summed E-state index contributed by atoms with van der Waals surface area (Å²) in [6.45, 7) is 0. The first-order valence-electron chi connectivity index (χ1n) is 3.49. The van der Waals surface area contributed by atoms with Gasteiger partial charge in [0.1, 0.15) is 5.82 Å². The van der Waals surface area contributed by atoms with Crippen molar-refractivity contribution < 1.29 is 14.4 Å². The molecule has 0 aliphatic carbocycles. The minimum Gasteiger partial charge on any atom is -0.424 e. The van der Waals surface area contributed by atoms with Gasteiger partial charge in [-0.3, -0.25) is 0 Å². The minimum atomic E-state index is -1.54. The highest BCUT2D eigenvalue weighted by Crippen LogP contribution is 2.07. The molecule has 0 bridgehead atoms. The second-order valence-corrected chi connectivity index (χ2v) is 2.29. The van der Waals surface area contributed by atoms with Crippen molar-refractivity contribution in [3.8, 4) is 0 Å². The molecule has 2 N–H and O–H groups in total. The lowest BCUT2D eigenvalue weighted by Crippen LogP contribution is -2.05. The summed E-state index contributed by atoms with van der Waals surface area (Å²) in [5.74, 6) is 0.715. The molecule has 0 atom stereocenters. The molecule has 0 amide bonds. The molecular weight excluding hydrogens is 158 g/mol. The zero-order chi connectivity index (χ0) is 8.97. The summed E-state index contributed by atoms with van der Waals surface area (Å²) in [5.41, 5.74) is 0.339. The first kappa shape index (κ1) is 8.97. The van der Waals surface area contributed by atoms with Gasteiger partial charge in [-0.25, -0.2) is 4.39 Å². The summed E-state index contributed by atoms with van der Waals surface area (Å²) in [6, 6.07) is 6.10. The van der Waals surface area contributed by atoms with Crippen LogP contribution in [0.1, 0.15) is 5.56 Å². The zero-order valence-electron chi connectivity index (χ0n) is 6.31. The van der Waals surface area contributed by atoms with Gasteiger partial charge in [-0.15, -0.1) is 0 Å². The molecule has 0 fully saturated rings. The number of rotatable bonds is 2. The molecule has 1 rings (SSSR count). The molecule has 0 spiro atoms. The van der Waals surface area contributed by atoms with E-state index in [-0.39, 0.29) is 5.82 Å². The zero-order valence-corrected chi connectivity index (χ0v) is 6.31. The van der Waals surface area contributed by atoms with Gasteiger partial charge >= 0.3 is 7.12 Å². The molecule has 0 heterocycles. The number of benzene rings is 1. The predicted octanol–water partition coefficient (Wildman–Crippen LogP) is 0.851. The molecule has 4 heteroatoms. The Balaban J connectivity index is 2.82. The smallest absolute Gasteiger partial charge is 0.424 e. The Bertz CT molecular complexity index is 286. The number of halogens is 1. The van der Waals surface area contributed by atoms with Gasteiger partial charge in [-0.05, 0) is 6.07 Å². The van der Waals surface area contributed by atoms with Crippen LogP contribution in [0.2, 0.25) is 0 Å². The summed E-state index contributed by atoms with van der Waals surface area (Å²) in [4.78, 5) is 0. The van der Waals surface area contributed by atoms with Crippen molar-refractivity contribution in [2.45, 2.75) is 0 Å². The minimum absolute atomic E-state index is 0.339. The van der Waals surface area contributed by atoms with Crippen LogP contribution in [-0.4, -0.2) is 17.2 Å². The molecular formula is C8H8BFO2. The highest BCUT2D eigenvalue weighted by molar-refractivity contribution is 6.48. The fraction of sp³-hybridized carbons (Fsp3) is 0. The fourth-order valence-corrected chi connectivity index (χ4v) is 0.800. The Hall–Kier alpha value is -1.13. The van der Waals surface area contributed by atoms with Crippen molar-refractivity contribution in [3.63, 3.8) is 0 Å². The molecule has 1 aromatic rings. The first-order chi connectivity index (χ1) is 5.70. The molecule has 1 aromatic carbocycles. The maximum Gasteiger partial charge on any atom is 0.480 e. The molecule has 12 heavy (non-hydrogen) atoms. The van der Waals surface area contributed by atoms with Gasteiger partial charge in [0, 0.05) is 5.56 Å². The molecule has 2 nitrogen and oxygen atoms in total. The first-order valence-corrected chi connectivity index (χ1v) is 3.49. The second kappa shape index (κ2) is 4.04. The fourth-order valence-electron chi connectivity index (χ4n) is 0.800. The van der Waals surface area contributed by atoms with Crippen LogP contribution in [0.5, 0.6) is 0 Å². The average Bonchev–Trinajstić information content (AvgIpc) is 2.03. The van der Waals surface area contributed by atoms with Gasteiger partial charge in [0.2, 0.25) is 0 Å². The van der Waals surface area contributed by atoms with Crippen LogP contribution in [0.15, 0.2) is 30.2 Å². The Morgan fingerprint density at radius 3 is 2.50 bits per heavy atom. The molecule has 62 valence electrons. The summed E-state index contributed by atoms with van der Waals surface area (Å²) in [6.07, 6.45) is 1.32. The molecule has 0 saturated heterocycles. The Morgan fingerprint density at radius 2 is 1.92 bits per heavy atom. The summed E-state index contributed by atoms with van der Waals surface area (Å²) >= 11 is 0. The third-order valence-corrected chi connectivity index (χ3v) is 1.35. The number of hydrogen-bond donors (Lipinski definition) is 2. The third-order valence-electron chi connectivity index (χ3n) is 1.35. The lowest BCUT2D eigenvalue weighted by atomic mass is 9.91. The molecule has 0 saturated carbocycles. The van der Waals surface area contributed by atoms with Crippen molar-refractivity contribution in [1.82, 2.24) is 0 Å². The van der Waals surface area contributed by atoms with E-state index in [1.54, 1.807) is 18.2 Å². The molecule has 0 aliphatic heterocycles. The maximum absolute atomic E-state index is 12.8. The maximum atomic E-state index is 12.8. The standard InChI is InChI=1S/C8H8BFO2/c10-8-4-2-1-3-7(8)5-6-9(11)12/h1-6,11-12H/b6-5+. The van der Waals surface area contributed by atoms with Crippen molar-refractivity contribution in [1.29, 1.82) is 0 Å². The van der Waals surface area contributed by atoms with Gasteiger partial charge in [0.25, 0.3) is 0 Å². The monoisotopic (exact) mass is 166 g/mol. The van der Waals surface area contributed by atoms with Crippen LogP contribution < -0.4 is 0 Å². The van der Waals surface area contributed by atoms with Crippen molar-refractivity contribution in [2.75, 3.05) is 0 Å². The van der Waals surface area contributed by atoms with E-state index >= 15 is 0 Å². The summed E-state index contributed by atoms with van der Waals surface area (Å²) < 4.78 is 12.8. The average molecular weight is 166 g/mol. The van der Waals surface area contributed by atoms with Gasteiger partial charge in [-0.2, -0.15) is 0 Å². The highest BCUT2D eigenvalue weighted by Gasteiger charge is 2.00. The van der Waals surface area contributed by atoms with Gasteiger partial charge in [-0.1, -0.05) is 30.3 Å². The van der Waals surface area contributed by atoms with E-state index in [9.17, 15) is 4.39 Å². The quantitative estimate of drug-likeness (QED) is 0.639. The lowest BCUT2D eigenvalue weighted by Gasteiger charge is -1.94. The largest absolute Gasteiger partial charge is 0.480 e. The van der Waals surface area contributed by atoms with E-state index < -0.39 is 7.12 Å². The molecule has 0 aliphatic rings. The van der Waals surface area contributed by atoms with E-state index in [2.05, 4.69) is 0 Å². The van der Waals surface area contributed by atoms with Crippen LogP contribution >= 0.6 is 0 Å². The van der Waals surface area contributed by atoms with Crippen molar-refractivity contribution in [3.05, 3.63) is 41.6 Å². The van der Waals surface area contributed by atoms with Crippen LogP contribution in [0.25, 0.3) is 6.08 Å². The highest BCUT2D eigenvalue weighted by atomic mass is 19.1. The third kappa shape index (κ3) is 2.49. The van der Waals surface area contributed by atoms with E-state index in [0.29, 0.717) is 5.56 Å². The predicted molar refractivity (Wildman–Crippen MR) is 45.6 cm³/mol. The molecule has 0 aromatic heterocycles. The normalized spacial score (nSPS) is 10.6. The molecule has 0 unspecified atom stereocenters. The van der Waals surface area contributed by atoms with Crippen molar-refractivity contribution >= 4 is 13.2 Å². The van der Waals surface area contributed by atoms with Gasteiger partial charge in [0.15, 0.2) is 0 Å². The van der Waals surface area contributed by atoms with E-state index in [0.717, 1.165) is 5.98 Å². The SMILES string of the molecule is OB(O)/C=C/c1ccccc1F. The Labute approximate surface area is 70.1 Å². The number of hydrogen-bond acceptors (Lipinski definition) is 2. The lowest BCUT2D eigenvalue weighted by molar-refractivity contribution is 0.424. The second-order valence-electron chi connectivity index (χ2n) is 2.29. The van der Waals surface area contributed by atoms with Crippen LogP contribution in [0.4, 0.5) is 4.39 Å². The summed E-state index contributed by atoms with van der Waals surface area (Å²) in [5, 5.41) is 16.9. The van der Waals surface area contributed by atoms with Crippen LogP contribution in [0, 0.1) is 5.82 Å².